The van der Waals surface area contributed by atoms with Crippen LogP contribution in [0.15, 0.2) is 12.2 Å². The van der Waals surface area contributed by atoms with Crippen LogP contribution in [-0.2, 0) is 4.79 Å². The molecule has 0 spiro atoms. The van der Waals surface area contributed by atoms with Crippen LogP contribution in [-0.4, -0.2) is 34.0 Å². The van der Waals surface area contributed by atoms with E-state index in [1.807, 2.05) is 0 Å². The zero-order valence-corrected chi connectivity index (χ0v) is 22.2. The van der Waals surface area contributed by atoms with Crippen molar-refractivity contribution < 1.29 is 20.1 Å². The van der Waals surface area contributed by atoms with E-state index >= 15 is 0 Å². The molecule has 0 heterocycles. The van der Waals surface area contributed by atoms with Gasteiger partial charge in [0.15, 0.2) is 0 Å². The molecule has 5 aliphatic rings. The predicted molar refractivity (Wildman–Crippen MR) is 134 cm³/mol. The molecule has 0 aromatic heterocycles. The summed E-state index contributed by atoms with van der Waals surface area (Å²) in [6.07, 6.45) is 9.23. The van der Waals surface area contributed by atoms with Crippen LogP contribution in [0.25, 0.3) is 0 Å². The highest BCUT2D eigenvalue weighted by Crippen LogP contribution is 2.77. The van der Waals surface area contributed by atoms with Crippen LogP contribution in [0, 0.1) is 56.7 Å². The number of hydrogen-bond acceptors (Lipinski definition) is 3. The summed E-state index contributed by atoms with van der Waals surface area (Å²) in [7, 11) is 0. The Hall–Kier alpha value is -0.870. The summed E-state index contributed by atoms with van der Waals surface area (Å²) in [5, 5.41) is 32.7. The highest BCUT2D eigenvalue weighted by Gasteiger charge is 2.73. The maximum atomic E-state index is 12.8. The third kappa shape index (κ3) is 2.76. The van der Waals surface area contributed by atoms with Gasteiger partial charge in [0, 0.05) is 12.0 Å². The van der Waals surface area contributed by atoms with Crippen LogP contribution in [0.2, 0.25) is 0 Å². The summed E-state index contributed by atoms with van der Waals surface area (Å²) in [5.41, 5.74) is 0.348. The number of carboxylic acid groups (broad SMARTS) is 1. The SMILES string of the molecule is C=C(C)[C@@H]1CC[C@]2(C(=O)O)CC[C@]3(CO)[C@H](CC[C@H]4[C@@]5(C)CC[C@H](O)C(C)(C)[C@H]5CC[C@]43C)[C@@H]12. The second-order valence-corrected chi connectivity index (χ2v) is 14.4. The molecule has 0 aromatic carbocycles. The van der Waals surface area contributed by atoms with Gasteiger partial charge in [0.25, 0.3) is 0 Å². The van der Waals surface area contributed by atoms with Gasteiger partial charge < -0.3 is 15.3 Å². The molecule has 0 saturated heterocycles. The fourth-order valence-corrected chi connectivity index (χ4v) is 11.7. The number of aliphatic hydroxyl groups excluding tert-OH is 2. The third-order valence-electron chi connectivity index (χ3n) is 13.4. The molecule has 5 saturated carbocycles. The van der Waals surface area contributed by atoms with Crippen molar-refractivity contribution in [2.75, 3.05) is 6.61 Å². The monoisotopic (exact) mass is 472 g/mol. The minimum absolute atomic E-state index is 0.00116. The first kappa shape index (κ1) is 24.8. The van der Waals surface area contributed by atoms with Crippen LogP contribution in [0.5, 0.6) is 0 Å². The first-order valence-corrected chi connectivity index (χ1v) is 14.0. The van der Waals surface area contributed by atoms with Gasteiger partial charge in [-0.1, -0.05) is 39.8 Å². The largest absolute Gasteiger partial charge is 0.481 e. The Labute approximate surface area is 206 Å². The third-order valence-corrected chi connectivity index (χ3v) is 13.4. The summed E-state index contributed by atoms with van der Waals surface area (Å²) < 4.78 is 0. The van der Waals surface area contributed by atoms with Crippen molar-refractivity contribution >= 4 is 5.97 Å². The van der Waals surface area contributed by atoms with Crippen LogP contribution < -0.4 is 0 Å². The topological polar surface area (TPSA) is 77.8 Å². The number of carbonyl (C=O) groups is 1. The van der Waals surface area contributed by atoms with Crippen molar-refractivity contribution in [3.8, 4) is 0 Å². The first-order valence-electron chi connectivity index (χ1n) is 14.0. The van der Waals surface area contributed by atoms with Crippen molar-refractivity contribution in [3.05, 3.63) is 12.2 Å². The molecule has 5 fully saturated rings. The molecule has 192 valence electrons. The Bertz CT molecular complexity index is 879. The van der Waals surface area contributed by atoms with Gasteiger partial charge in [-0.25, -0.2) is 0 Å². The van der Waals surface area contributed by atoms with Gasteiger partial charge in [0.2, 0.25) is 0 Å². The van der Waals surface area contributed by atoms with E-state index in [2.05, 4.69) is 41.2 Å². The number of fused-ring (bicyclic) bond motifs is 7. The van der Waals surface area contributed by atoms with Crippen molar-refractivity contribution in [1.29, 1.82) is 0 Å². The second-order valence-electron chi connectivity index (χ2n) is 14.4. The van der Waals surface area contributed by atoms with Crippen LogP contribution in [0.3, 0.4) is 0 Å². The van der Waals surface area contributed by atoms with Gasteiger partial charge in [0.1, 0.15) is 0 Å². The average molecular weight is 473 g/mol. The number of aliphatic hydroxyl groups is 2. The molecule has 34 heavy (non-hydrogen) atoms. The molecule has 10 atom stereocenters. The summed E-state index contributed by atoms with van der Waals surface area (Å²) in [6.45, 7) is 16.1. The minimum Gasteiger partial charge on any atom is -0.481 e. The summed E-state index contributed by atoms with van der Waals surface area (Å²) >= 11 is 0. The van der Waals surface area contributed by atoms with Crippen molar-refractivity contribution in [2.45, 2.75) is 105 Å². The Morgan fingerprint density at radius 1 is 0.912 bits per heavy atom. The lowest BCUT2D eigenvalue weighted by Crippen LogP contribution is -2.68. The Kier molecular flexibility index (Phi) is 5.52. The molecule has 5 aliphatic carbocycles. The number of aliphatic carboxylic acids is 1. The Morgan fingerprint density at radius 3 is 2.24 bits per heavy atom. The molecule has 0 bridgehead atoms. The fourth-order valence-electron chi connectivity index (χ4n) is 11.7. The minimum atomic E-state index is -0.645. The molecule has 3 N–H and O–H groups in total. The highest BCUT2D eigenvalue weighted by molar-refractivity contribution is 5.76. The first-order chi connectivity index (χ1) is 15.8. The number of rotatable bonds is 3. The van der Waals surface area contributed by atoms with Crippen LogP contribution in [0.1, 0.15) is 98.8 Å². The molecule has 0 unspecified atom stereocenters. The highest BCUT2D eigenvalue weighted by atomic mass is 16.4. The van der Waals surface area contributed by atoms with Crippen LogP contribution >= 0.6 is 0 Å². The molecule has 0 aliphatic heterocycles. The summed E-state index contributed by atoms with van der Waals surface area (Å²) in [5.74, 6) is 0.981. The smallest absolute Gasteiger partial charge is 0.309 e. The fraction of sp³-hybridized carbons (Fsp3) is 0.900. The normalized spacial score (nSPS) is 53.7. The van der Waals surface area contributed by atoms with E-state index in [0.717, 1.165) is 63.4 Å². The van der Waals surface area contributed by atoms with Crippen molar-refractivity contribution in [1.82, 2.24) is 0 Å². The second kappa shape index (κ2) is 7.57. The molecule has 5 rings (SSSR count). The van der Waals surface area contributed by atoms with E-state index in [4.69, 9.17) is 0 Å². The molecule has 0 amide bonds. The molecule has 0 aromatic rings. The average Bonchev–Trinajstić information content (AvgIpc) is 3.18. The van der Waals surface area contributed by atoms with Gasteiger partial charge in [0.05, 0.1) is 11.5 Å². The zero-order chi connectivity index (χ0) is 24.9. The maximum absolute atomic E-state index is 12.8. The number of hydrogen-bond donors (Lipinski definition) is 3. The lowest BCUT2D eigenvalue weighted by Gasteiger charge is -2.73. The van der Waals surface area contributed by atoms with Gasteiger partial charge in [-0.05, 0) is 117 Å². The number of allylic oxidation sites excluding steroid dienone is 1. The van der Waals surface area contributed by atoms with E-state index in [-0.39, 0.29) is 52.1 Å². The molecule has 4 nitrogen and oxygen atoms in total. The molecule has 4 heteroatoms. The Morgan fingerprint density at radius 2 is 1.62 bits per heavy atom. The molecular formula is C30H48O4. The number of carboxylic acids is 1. The van der Waals surface area contributed by atoms with E-state index in [1.165, 1.54) is 0 Å². The van der Waals surface area contributed by atoms with Crippen LogP contribution in [0.4, 0.5) is 0 Å². The zero-order valence-electron chi connectivity index (χ0n) is 22.2. The maximum Gasteiger partial charge on any atom is 0.309 e. The lowest BCUT2D eigenvalue weighted by atomic mass is 9.32. The van der Waals surface area contributed by atoms with Gasteiger partial charge in [-0.2, -0.15) is 0 Å². The van der Waals surface area contributed by atoms with E-state index < -0.39 is 11.4 Å². The molecule has 0 radical (unpaired) electrons. The quantitative estimate of drug-likeness (QED) is 0.436. The predicted octanol–water partition coefficient (Wildman–Crippen LogP) is 6.06. The van der Waals surface area contributed by atoms with Gasteiger partial charge >= 0.3 is 5.97 Å². The Balaban J connectivity index is 1.60. The standard InChI is InChI=1S/C30H48O4/c1-18(2)19-9-14-29(25(33)34)15-16-30(17-31)20(24(19)29)7-8-22-27(5)12-11-23(32)26(3,4)21(27)10-13-28(22,30)6/h19-24,31-32H,1,7-17H2,2-6H3,(H,33,34)/t19-,20+,21+,22-,23-,24+,27-,28+,29-,30-/m0/s1. The summed E-state index contributed by atoms with van der Waals surface area (Å²) in [6, 6.07) is 0. The van der Waals surface area contributed by atoms with Crippen molar-refractivity contribution in [3.63, 3.8) is 0 Å². The van der Waals surface area contributed by atoms with Gasteiger partial charge in [-0.3, -0.25) is 4.79 Å². The molecular weight excluding hydrogens is 424 g/mol. The van der Waals surface area contributed by atoms with E-state index in [0.29, 0.717) is 18.3 Å². The van der Waals surface area contributed by atoms with Crippen molar-refractivity contribution in [2.24, 2.45) is 56.7 Å². The van der Waals surface area contributed by atoms with E-state index in [1.54, 1.807) is 0 Å². The summed E-state index contributed by atoms with van der Waals surface area (Å²) in [4.78, 5) is 12.8. The van der Waals surface area contributed by atoms with E-state index in [9.17, 15) is 20.1 Å². The lowest BCUT2D eigenvalue weighted by molar-refractivity contribution is -0.261. The van der Waals surface area contributed by atoms with Gasteiger partial charge in [-0.15, -0.1) is 0 Å².